The zero-order valence-corrected chi connectivity index (χ0v) is 9.67. The minimum Gasteiger partial charge on any atom is -0.393 e. The van der Waals surface area contributed by atoms with Crippen LogP contribution in [0.2, 0.25) is 0 Å². The Labute approximate surface area is 82.5 Å². The van der Waals surface area contributed by atoms with Gasteiger partial charge < -0.3 is 5.11 Å². The van der Waals surface area contributed by atoms with E-state index in [1.807, 2.05) is 0 Å². The molecule has 1 aliphatic rings. The van der Waals surface area contributed by atoms with E-state index < -0.39 is 0 Å². The summed E-state index contributed by atoms with van der Waals surface area (Å²) in [6.45, 7) is 11.2. The average Bonchev–Trinajstić information content (AvgIpc) is 2.00. The van der Waals surface area contributed by atoms with E-state index in [2.05, 4.69) is 34.6 Å². The second kappa shape index (κ2) is 3.61. The molecular weight excluding hydrogens is 160 g/mol. The topological polar surface area (TPSA) is 20.2 Å². The first-order chi connectivity index (χ1) is 5.86. The van der Waals surface area contributed by atoms with Gasteiger partial charge in [-0.25, -0.2) is 0 Å². The fourth-order valence-corrected chi connectivity index (χ4v) is 2.50. The lowest BCUT2D eigenvalue weighted by molar-refractivity contribution is -0.0553. The van der Waals surface area contributed by atoms with Gasteiger partial charge in [0.15, 0.2) is 0 Å². The Morgan fingerprint density at radius 1 is 1.31 bits per heavy atom. The Hall–Kier alpha value is -0.0400. The van der Waals surface area contributed by atoms with Gasteiger partial charge >= 0.3 is 0 Å². The molecule has 1 rings (SSSR count). The molecule has 3 atom stereocenters. The summed E-state index contributed by atoms with van der Waals surface area (Å²) in [5, 5.41) is 10.1. The number of aliphatic hydroxyl groups excluding tert-OH is 1. The van der Waals surface area contributed by atoms with Crippen molar-refractivity contribution in [3.63, 3.8) is 0 Å². The minimum absolute atomic E-state index is 0.0938. The van der Waals surface area contributed by atoms with E-state index in [1.54, 1.807) is 0 Å². The van der Waals surface area contributed by atoms with Crippen LogP contribution < -0.4 is 0 Å². The Kier molecular flexibility index (Phi) is 3.06. The van der Waals surface area contributed by atoms with E-state index in [1.165, 1.54) is 12.8 Å². The van der Waals surface area contributed by atoms with Crippen molar-refractivity contribution in [3.05, 3.63) is 0 Å². The maximum absolute atomic E-state index is 10.1. The number of hydrogen-bond acceptors (Lipinski definition) is 1. The zero-order valence-electron chi connectivity index (χ0n) is 9.67. The summed E-state index contributed by atoms with van der Waals surface area (Å²) in [4.78, 5) is 0. The normalized spacial score (nSPS) is 39.5. The lowest BCUT2D eigenvalue weighted by Gasteiger charge is -2.45. The quantitative estimate of drug-likeness (QED) is 0.664. The van der Waals surface area contributed by atoms with Crippen LogP contribution in [0, 0.1) is 23.2 Å². The number of hydrogen-bond donors (Lipinski definition) is 1. The molecule has 0 aliphatic heterocycles. The van der Waals surface area contributed by atoms with E-state index in [9.17, 15) is 5.11 Å². The van der Waals surface area contributed by atoms with E-state index in [4.69, 9.17) is 0 Å². The van der Waals surface area contributed by atoms with Gasteiger partial charge in [-0.05, 0) is 36.0 Å². The molecule has 13 heavy (non-hydrogen) atoms. The Balaban J connectivity index is 2.70. The molecule has 78 valence electrons. The highest BCUT2D eigenvalue weighted by Crippen LogP contribution is 2.44. The van der Waals surface area contributed by atoms with E-state index in [0.717, 1.165) is 0 Å². The van der Waals surface area contributed by atoms with Gasteiger partial charge in [-0.15, -0.1) is 0 Å². The molecule has 1 fully saturated rings. The van der Waals surface area contributed by atoms with Crippen LogP contribution in [-0.4, -0.2) is 11.2 Å². The van der Waals surface area contributed by atoms with Gasteiger partial charge in [0, 0.05) is 0 Å². The Bertz CT molecular complexity index is 170. The van der Waals surface area contributed by atoms with Gasteiger partial charge in [-0.1, -0.05) is 34.6 Å². The molecule has 1 nitrogen and oxygen atoms in total. The molecule has 0 aromatic heterocycles. The van der Waals surface area contributed by atoms with Crippen LogP contribution in [0.15, 0.2) is 0 Å². The standard InChI is InChI=1S/C12H24O/c1-8(2)10-6-7-12(4,5)9(3)11(10)13/h8-11,13H,6-7H2,1-5H3. The SMILES string of the molecule is CC(C)C1CCC(C)(C)C(C)C1O. The molecule has 0 spiro atoms. The summed E-state index contributed by atoms with van der Waals surface area (Å²) in [6, 6.07) is 0. The molecule has 0 heterocycles. The van der Waals surface area contributed by atoms with Gasteiger partial charge in [0.2, 0.25) is 0 Å². The maximum Gasteiger partial charge on any atom is 0.0601 e. The van der Waals surface area contributed by atoms with Crippen LogP contribution in [-0.2, 0) is 0 Å². The Morgan fingerprint density at radius 2 is 1.85 bits per heavy atom. The van der Waals surface area contributed by atoms with Crippen LogP contribution in [0.25, 0.3) is 0 Å². The predicted molar refractivity (Wildman–Crippen MR) is 56.5 cm³/mol. The van der Waals surface area contributed by atoms with Gasteiger partial charge in [0.25, 0.3) is 0 Å². The number of rotatable bonds is 1. The summed E-state index contributed by atoms with van der Waals surface area (Å²) in [5.41, 5.74) is 0.324. The maximum atomic E-state index is 10.1. The van der Waals surface area contributed by atoms with Crippen LogP contribution in [0.3, 0.4) is 0 Å². The van der Waals surface area contributed by atoms with Gasteiger partial charge in [0.05, 0.1) is 6.10 Å². The van der Waals surface area contributed by atoms with Crippen LogP contribution in [0.4, 0.5) is 0 Å². The third-order valence-corrected chi connectivity index (χ3v) is 4.16. The van der Waals surface area contributed by atoms with Crippen molar-refractivity contribution in [2.45, 2.75) is 53.6 Å². The second-order valence-corrected chi connectivity index (χ2v) is 5.71. The van der Waals surface area contributed by atoms with Crippen molar-refractivity contribution in [3.8, 4) is 0 Å². The largest absolute Gasteiger partial charge is 0.393 e. The highest BCUT2D eigenvalue weighted by atomic mass is 16.3. The summed E-state index contributed by atoms with van der Waals surface area (Å²) >= 11 is 0. The highest BCUT2D eigenvalue weighted by Gasteiger charge is 2.41. The molecular formula is C12H24O. The number of aliphatic hydroxyl groups is 1. The molecule has 1 aliphatic carbocycles. The molecule has 3 unspecified atom stereocenters. The van der Waals surface area contributed by atoms with E-state index in [0.29, 0.717) is 23.2 Å². The Morgan fingerprint density at radius 3 is 2.31 bits per heavy atom. The third kappa shape index (κ3) is 2.07. The fraction of sp³-hybridized carbons (Fsp3) is 1.00. The summed E-state index contributed by atoms with van der Waals surface area (Å²) < 4.78 is 0. The van der Waals surface area contributed by atoms with Crippen LogP contribution in [0.5, 0.6) is 0 Å². The molecule has 1 heteroatoms. The highest BCUT2D eigenvalue weighted by molar-refractivity contribution is 4.91. The summed E-state index contributed by atoms with van der Waals surface area (Å²) in [6.07, 6.45) is 2.35. The fourth-order valence-electron chi connectivity index (χ4n) is 2.50. The first-order valence-corrected chi connectivity index (χ1v) is 5.54. The van der Waals surface area contributed by atoms with Crippen molar-refractivity contribution < 1.29 is 5.11 Å². The summed E-state index contributed by atoms with van der Waals surface area (Å²) in [7, 11) is 0. The molecule has 0 aromatic carbocycles. The van der Waals surface area contributed by atoms with Crippen molar-refractivity contribution >= 4 is 0 Å². The molecule has 1 N–H and O–H groups in total. The summed E-state index contributed by atoms with van der Waals surface area (Å²) in [5.74, 6) is 1.57. The lowest BCUT2D eigenvalue weighted by Crippen LogP contribution is -2.43. The van der Waals surface area contributed by atoms with Gasteiger partial charge in [-0.3, -0.25) is 0 Å². The monoisotopic (exact) mass is 184 g/mol. The lowest BCUT2D eigenvalue weighted by atomic mass is 9.62. The zero-order chi connectivity index (χ0) is 10.2. The van der Waals surface area contributed by atoms with Gasteiger partial charge in [0.1, 0.15) is 0 Å². The third-order valence-electron chi connectivity index (χ3n) is 4.16. The molecule has 0 aromatic rings. The minimum atomic E-state index is -0.0938. The van der Waals surface area contributed by atoms with Crippen molar-refractivity contribution in [1.82, 2.24) is 0 Å². The molecule has 0 saturated heterocycles. The van der Waals surface area contributed by atoms with Crippen LogP contribution in [0.1, 0.15) is 47.5 Å². The first-order valence-electron chi connectivity index (χ1n) is 5.54. The van der Waals surface area contributed by atoms with Crippen molar-refractivity contribution in [2.24, 2.45) is 23.2 Å². The van der Waals surface area contributed by atoms with Gasteiger partial charge in [-0.2, -0.15) is 0 Å². The van der Waals surface area contributed by atoms with Crippen molar-refractivity contribution in [1.29, 1.82) is 0 Å². The van der Waals surface area contributed by atoms with E-state index >= 15 is 0 Å². The average molecular weight is 184 g/mol. The van der Waals surface area contributed by atoms with Crippen LogP contribution >= 0.6 is 0 Å². The van der Waals surface area contributed by atoms with E-state index in [-0.39, 0.29) is 6.10 Å². The smallest absolute Gasteiger partial charge is 0.0601 e. The second-order valence-electron chi connectivity index (χ2n) is 5.71. The van der Waals surface area contributed by atoms with Crippen molar-refractivity contribution in [2.75, 3.05) is 0 Å². The first kappa shape index (κ1) is 11.0. The molecule has 0 amide bonds. The predicted octanol–water partition coefficient (Wildman–Crippen LogP) is 3.08. The molecule has 0 bridgehead atoms. The molecule has 0 radical (unpaired) electrons. The molecule has 1 saturated carbocycles.